The number of hydrogen-bond donors (Lipinski definition) is 5. The van der Waals surface area contributed by atoms with Gasteiger partial charge in [-0.2, -0.15) is 0 Å². The maximum absolute atomic E-state index is 11.7. The summed E-state index contributed by atoms with van der Waals surface area (Å²) in [5, 5.41) is 50.3. The number of phenols is 5. The molecule has 6 aromatic carbocycles. The largest absolute Gasteiger partial charge is 0.508 e. The van der Waals surface area contributed by atoms with Crippen LogP contribution in [0.15, 0.2) is 121 Å². The molecule has 6 rings (SSSR count). The van der Waals surface area contributed by atoms with E-state index in [1.54, 1.807) is 121 Å². The molecule has 0 aliphatic heterocycles. The van der Waals surface area contributed by atoms with Gasteiger partial charge in [0.25, 0.3) is 0 Å². The molecule has 67 heavy (non-hydrogen) atoms. The first-order valence-corrected chi connectivity index (χ1v) is 22.2. The molecule has 8 heteroatoms. The van der Waals surface area contributed by atoms with Gasteiger partial charge in [0.15, 0.2) is 5.75 Å². The topological polar surface area (TPSA) is 137 Å². The number of rotatable bonds is 13. The van der Waals surface area contributed by atoms with Gasteiger partial charge in [-0.15, -0.1) is 0 Å². The van der Waals surface area contributed by atoms with Gasteiger partial charge in [-0.25, -0.2) is 0 Å². The molecule has 334 valence electrons. The zero-order valence-corrected chi connectivity index (χ0v) is 37.3. The first-order chi connectivity index (χ1) is 32.6. The second kappa shape index (κ2) is 25.0. The lowest BCUT2D eigenvalue weighted by molar-refractivity contribution is -0.143. The van der Waals surface area contributed by atoms with Gasteiger partial charge in [0.05, 0.1) is 41.0 Å². The van der Waals surface area contributed by atoms with Crippen LogP contribution in [0.4, 0.5) is 0 Å². The molecule has 5 N–H and O–H groups in total. The van der Waals surface area contributed by atoms with Crippen molar-refractivity contribution >= 4 is 5.97 Å². The zero-order chi connectivity index (χ0) is 47.2. The van der Waals surface area contributed by atoms with Crippen LogP contribution < -0.4 is 4.74 Å². The van der Waals surface area contributed by atoms with Gasteiger partial charge in [0.1, 0.15) is 28.7 Å². The number of esters is 1. The van der Waals surface area contributed by atoms with E-state index in [0.717, 1.165) is 51.4 Å². The van der Waals surface area contributed by atoms with E-state index in [9.17, 15) is 30.3 Å². The number of benzene rings is 6. The molecular formula is C59H50O8. The molecule has 8 nitrogen and oxygen atoms in total. The second-order valence-corrected chi connectivity index (χ2v) is 15.4. The van der Waals surface area contributed by atoms with Crippen LogP contribution in [-0.4, -0.2) is 44.7 Å². The highest BCUT2D eigenvalue weighted by Gasteiger charge is 2.23. The van der Waals surface area contributed by atoms with Crippen molar-refractivity contribution in [2.45, 2.75) is 64.7 Å². The fraction of sp³-hybridized carbons (Fsp3) is 0.203. The summed E-state index contributed by atoms with van der Waals surface area (Å²) in [4.78, 5) is 11.7. The lowest BCUT2D eigenvalue weighted by atomic mass is 9.89. The normalized spacial score (nSPS) is 9.99. The highest BCUT2D eigenvalue weighted by molar-refractivity contribution is 5.78. The number of unbranched alkanes of at least 4 members (excludes halogenated alkanes) is 7. The Balaban J connectivity index is 1.53. The van der Waals surface area contributed by atoms with Crippen molar-refractivity contribution in [2.75, 3.05) is 13.2 Å². The zero-order valence-electron chi connectivity index (χ0n) is 37.3. The number of ether oxygens (including phenoxy) is 2. The lowest BCUT2D eigenvalue weighted by Crippen LogP contribution is -2.08. The van der Waals surface area contributed by atoms with E-state index in [1.807, 2.05) is 6.92 Å². The summed E-state index contributed by atoms with van der Waals surface area (Å²) in [5.41, 5.74) is 5.11. The molecule has 0 atom stereocenters. The molecule has 6 aromatic rings. The van der Waals surface area contributed by atoms with E-state index in [-0.39, 0.29) is 34.7 Å². The van der Waals surface area contributed by atoms with Gasteiger partial charge in [0, 0.05) is 34.2 Å². The molecule has 0 aromatic heterocycles. The maximum Gasteiger partial charge on any atom is 0.305 e. The number of hydrogen-bond acceptors (Lipinski definition) is 8. The van der Waals surface area contributed by atoms with Crippen LogP contribution in [0.2, 0.25) is 0 Å². The third-order valence-electron chi connectivity index (χ3n) is 10.3. The van der Waals surface area contributed by atoms with Crippen LogP contribution in [0.5, 0.6) is 34.5 Å². The van der Waals surface area contributed by atoms with Gasteiger partial charge in [-0.3, -0.25) is 4.79 Å². The Morgan fingerprint density at radius 2 is 0.642 bits per heavy atom. The maximum atomic E-state index is 11.7. The van der Waals surface area contributed by atoms with Crippen molar-refractivity contribution in [1.82, 2.24) is 0 Å². The summed E-state index contributed by atoms with van der Waals surface area (Å²) < 4.78 is 11.9. The van der Waals surface area contributed by atoms with Crippen molar-refractivity contribution in [3.05, 3.63) is 177 Å². The summed E-state index contributed by atoms with van der Waals surface area (Å²) in [6, 6.07) is 32.6. The number of carbonyl (C=O) groups excluding carboxylic acids is 1. The third-order valence-corrected chi connectivity index (χ3v) is 10.3. The Hall–Kier alpha value is -8.61. The smallest absolute Gasteiger partial charge is 0.305 e. The molecule has 0 aliphatic carbocycles. The summed E-state index contributed by atoms with van der Waals surface area (Å²) in [7, 11) is 0. The van der Waals surface area contributed by atoms with Crippen LogP contribution in [0, 0.1) is 59.2 Å². The molecule has 0 spiro atoms. The van der Waals surface area contributed by atoms with Crippen LogP contribution >= 0.6 is 0 Å². The first-order valence-electron chi connectivity index (χ1n) is 22.2. The van der Waals surface area contributed by atoms with Crippen LogP contribution in [0.1, 0.15) is 120 Å². The molecule has 0 unspecified atom stereocenters. The van der Waals surface area contributed by atoms with E-state index in [4.69, 9.17) is 9.47 Å². The average Bonchev–Trinajstić information content (AvgIpc) is 3.33. The van der Waals surface area contributed by atoms with E-state index in [0.29, 0.717) is 81.0 Å². The third kappa shape index (κ3) is 15.3. The molecule has 0 saturated heterocycles. The summed E-state index contributed by atoms with van der Waals surface area (Å²) in [5.74, 6) is 33.7. The Morgan fingerprint density at radius 1 is 0.373 bits per heavy atom. The SMILES string of the molecule is CCOC(=O)CCCCCCCCCCOc1c(C#Cc2ccc(O)cc2)c(C#Cc2ccc(O)cc2)c(C#Cc2ccc(O)cc2)c(C#Cc2ccc(O)cc2)c1C#Cc1ccc(O)cc1. The quantitative estimate of drug-likeness (QED) is 0.0439. The standard InChI is InChI=1S/C59H50O8/c1-2-66-58(65)11-9-7-5-3-4-6-8-10-42-67-59-56(40-25-46-18-33-51(63)34-19-46)54(38-23-44-14-29-49(61)30-15-44)53(37-22-43-12-27-48(60)28-13-43)55(39-24-45-16-31-50(62)32-17-45)57(59)41-26-47-20-35-52(64)36-21-47/h12-21,27-36,60-64H,2-11,42H2,1H3. The van der Waals surface area contributed by atoms with Crippen molar-refractivity contribution in [2.24, 2.45) is 0 Å². The lowest BCUT2D eigenvalue weighted by Gasteiger charge is -2.17. The molecular weight excluding hydrogens is 837 g/mol. The number of carbonyl (C=O) groups is 1. The Labute approximate surface area is 392 Å². The number of aromatic hydroxyl groups is 5. The van der Waals surface area contributed by atoms with Crippen LogP contribution in [-0.2, 0) is 9.53 Å². The second-order valence-electron chi connectivity index (χ2n) is 15.4. The van der Waals surface area contributed by atoms with Crippen LogP contribution in [0.3, 0.4) is 0 Å². The van der Waals surface area contributed by atoms with Crippen molar-refractivity contribution < 1.29 is 39.8 Å². The molecule has 0 bridgehead atoms. The van der Waals surface area contributed by atoms with E-state index in [2.05, 4.69) is 59.2 Å². The van der Waals surface area contributed by atoms with Gasteiger partial charge in [-0.05, 0) is 141 Å². The highest BCUT2D eigenvalue weighted by atomic mass is 16.5. The Kier molecular flexibility index (Phi) is 17.9. The summed E-state index contributed by atoms with van der Waals surface area (Å²) in [6.07, 6.45) is 8.06. The van der Waals surface area contributed by atoms with Crippen LogP contribution in [0.25, 0.3) is 0 Å². The van der Waals surface area contributed by atoms with E-state index >= 15 is 0 Å². The monoisotopic (exact) mass is 886 g/mol. The number of phenolic OH excluding ortho intramolecular Hbond substituents is 5. The highest BCUT2D eigenvalue weighted by Crippen LogP contribution is 2.34. The molecule has 0 saturated carbocycles. The fourth-order valence-corrected chi connectivity index (χ4v) is 6.72. The minimum Gasteiger partial charge on any atom is -0.508 e. The minimum atomic E-state index is -0.142. The van der Waals surface area contributed by atoms with Crippen molar-refractivity contribution in [1.29, 1.82) is 0 Å². The predicted octanol–water partition coefficient (Wildman–Crippen LogP) is 10.7. The Morgan fingerprint density at radius 3 is 0.955 bits per heavy atom. The van der Waals surface area contributed by atoms with Crippen molar-refractivity contribution in [3.8, 4) is 93.7 Å². The molecule has 0 radical (unpaired) electrons. The first kappa shape index (κ1) is 47.9. The minimum absolute atomic E-state index is 0.0920. The van der Waals surface area contributed by atoms with E-state index < -0.39 is 0 Å². The predicted molar refractivity (Wildman–Crippen MR) is 261 cm³/mol. The van der Waals surface area contributed by atoms with Gasteiger partial charge in [-0.1, -0.05) is 97.7 Å². The summed E-state index contributed by atoms with van der Waals surface area (Å²) >= 11 is 0. The Bertz CT molecular complexity index is 2790. The molecule has 0 aliphatic rings. The van der Waals surface area contributed by atoms with Gasteiger partial charge < -0.3 is 35.0 Å². The fourth-order valence-electron chi connectivity index (χ4n) is 6.72. The summed E-state index contributed by atoms with van der Waals surface area (Å²) in [6.45, 7) is 2.53. The van der Waals surface area contributed by atoms with E-state index in [1.165, 1.54) is 0 Å². The molecule has 0 heterocycles. The van der Waals surface area contributed by atoms with Gasteiger partial charge in [0.2, 0.25) is 0 Å². The molecule has 0 fully saturated rings. The average molecular weight is 887 g/mol. The molecule has 0 amide bonds. The van der Waals surface area contributed by atoms with Crippen molar-refractivity contribution in [3.63, 3.8) is 0 Å². The van der Waals surface area contributed by atoms with Gasteiger partial charge >= 0.3 is 5.97 Å².